The van der Waals surface area contributed by atoms with E-state index in [-0.39, 0.29) is 13.2 Å². The summed E-state index contributed by atoms with van der Waals surface area (Å²) in [5.74, 6) is 1.07. The van der Waals surface area contributed by atoms with Gasteiger partial charge in [-0.15, -0.1) is 0 Å². The molecule has 0 radical (unpaired) electrons. The number of rotatable bonds is 6. The minimum Gasteiger partial charge on any atom is -0.490 e. The third-order valence-corrected chi connectivity index (χ3v) is 3.97. The average Bonchev–Trinajstić information content (AvgIpc) is 2.51. The second-order valence-electron chi connectivity index (χ2n) is 5.39. The smallest absolute Gasteiger partial charge is 0.415 e. The number of alkyl halides is 3. The number of hydrogen-bond donors (Lipinski definition) is 0. The Kier molecular flexibility index (Phi) is 6.60. The second kappa shape index (κ2) is 8.27. The van der Waals surface area contributed by atoms with Crippen molar-refractivity contribution < 1.29 is 27.4 Å². The van der Waals surface area contributed by atoms with Crippen molar-refractivity contribution >= 4 is 11.6 Å². The third kappa shape index (κ3) is 4.91. The van der Waals surface area contributed by atoms with E-state index in [0.717, 1.165) is 0 Å². The molecule has 0 spiro atoms. The van der Waals surface area contributed by atoms with Crippen LogP contribution in [0, 0.1) is 0 Å². The van der Waals surface area contributed by atoms with Gasteiger partial charge < -0.3 is 14.2 Å². The Bertz CT molecular complexity index is 554. The topological polar surface area (TPSA) is 30.9 Å². The van der Waals surface area contributed by atoms with Crippen LogP contribution in [0.4, 0.5) is 13.2 Å². The standard InChI is InChI=1S/C16H21ClF3NO3/c1-3-22-13-7-11(12(17)8-14(13)23-4-2)9-21-5-6-24-15(10-21)16(18,19)20/h7-8,15H,3-6,9-10H2,1-2H3/t15-/m0/s1. The molecule has 136 valence electrons. The molecule has 1 aliphatic rings. The highest BCUT2D eigenvalue weighted by atomic mass is 35.5. The Morgan fingerprint density at radius 2 is 1.83 bits per heavy atom. The summed E-state index contributed by atoms with van der Waals surface area (Å²) in [6.45, 7) is 5.15. The molecule has 0 saturated carbocycles. The summed E-state index contributed by atoms with van der Waals surface area (Å²) in [5.41, 5.74) is 0.700. The molecule has 1 aromatic rings. The molecular weight excluding hydrogens is 347 g/mol. The van der Waals surface area contributed by atoms with Crippen LogP contribution in [0.15, 0.2) is 12.1 Å². The van der Waals surface area contributed by atoms with Crippen LogP contribution in [0.2, 0.25) is 5.02 Å². The fraction of sp³-hybridized carbons (Fsp3) is 0.625. The summed E-state index contributed by atoms with van der Waals surface area (Å²) < 4.78 is 54.3. The molecule has 0 aromatic heterocycles. The molecule has 0 bridgehead atoms. The average molecular weight is 368 g/mol. The van der Waals surface area contributed by atoms with E-state index in [9.17, 15) is 13.2 Å². The van der Waals surface area contributed by atoms with Gasteiger partial charge in [0.15, 0.2) is 17.6 Å². The van der Waals surface area contributed by atoms with Crippen molar-refractivity contribution in [1.82, 2.24) is 4.90 Å². The Balaban J connectivity index is 2.15. The Labute approximate surface area is 144 Å². The van der Waals surface area contributed by atoms with Gasteiger partial charge in [0, 0.05) is 30.7 Å². The van der Waals surface area contributed by atoms with Crippen LogP contribution in [0.3, 0.4) is 0 Å². The van der Waals surface area contributed by atoms with Crippen molar-refractivity contribution in [3.05, 3.63) is 22.7 Å². The quantitative estimate of drug-likeness (QED) is 0.763. The first-order chi connectivity index (χ1) is 11.3. The maximum absolute atomic E-state index is 12.8. The summed E-state index contributed by atoms with van der Waals surface area (Å²) in [5, 5.41) is 0.442. The van der Waals surface area contributed by atoms with Gasteiger partial charge >= 0.3 is 6.18 Å². The van der Waals surface area contributed by atoms with E-state index >= 15 is 0 Å². The lowest BCUT2D eigenvalue weighted by Crippen LogP contribution is -2.48. The summed E-state index contributed by atoms with van der Waals surface area (Å²) in [6, 6.07) is 3.38. The van der Waals surface area contributed by atoms with E-state index in [1.165, 1.54) is 0 Å². The summed E-state index contributed by atoms with van der Waals surface area (Å²) in [7, 11) is 0. The zero-order valence-corrected chi connectivity index (χ0v) is 14.4. The van der Waals surface area contributed by atoms with Crippen molar-refractivity contribution in [1.29, 1.82) is 0 Å². The minimum atomic E-state index is -4.36. The van der Waals surface area contributed by atoms with E-state index in [2.05, 4.69) is 0 Å². The van der Waals surface area contributed by atoms with Gasteiger partial charge in [-0.25, -0.2) is 0 Å². The number of nitrogens with zero attached hydrogens (tertiary/aromatic N) is 1. The molecule has 1 aromatic carbocycles. The first-order valence-corrected chi connectivity index (χ1v) is 8.21. The Hall–Kier alpha value is -1.18. The molecule has 1 aliphatic heterocycles. The monoisotopic (exact) mass is 367 g/mol. The number of hydrogen-bond acceptors (Lipinski definition) is 4. The summed E-state index contributed by atoms with van der Waals surface area (Å²) in [6.07, 6.45) is -6.13. The summed E-state index contributed by atoms with van der Waals surface area (Å²) >= 11 is 6.27. The van der Waals surface area contributed by atoms with Crippen molar-refractivity contribution in [3.8, 4) is 11.5 Å². The van der Waals surface area contributed by atoms with E-state index in [0.29, 0.717) is 48.4 Å². The van der Waals surface area contributed by atoms with Gasteiger partial charge in [0.25, 0.3) is 0 Å². The van der Waals surface area contributed by atoms with Crippen LogP contribution in [-0.4, -0.2) is 50.1 Å². The fourth-order valence-electron chi connectivity index (χ4n) is 2.52. The third-order valence-electron chi connectivity index (χ3n) is 3.62. The van der Waals surface area contributed by atoms with Crippen LogP contribution in [0.1, 0.15) is 19.4 Å². The van der Waals surface area contributed by atoms with Crippen LogP contribution < -0.4 is 9.47 Å². The fourth-order valence-corrected chi connectivity index (χ4v) is 2.73. The van der Waals surface area contributed by atoms with Gasteiger partial charge in [0.05, 0.1) is 19.8 Å². The number of halogens is 4. The normalized spacial score (nSPS) is 19.3. The van der Waals surface area contributed by atoms with Crippen LogP contribution in [0.25, 0.3) is 0 Å². The van der Waals surface area contributed by atoms with Crippen LogP contribution in [0.5, 0.6) is 11.5 Å². The first-order valence-electron chi connectivity index (χ1n) is 7.83. The predicted octanol–water partition coefficient (Wildman–Crippen LogP) is 3.90. The molecule has 0 N–H and O–H groups in total. The lowest BCUT2D eigenvalue weighted by atomic mass is 10.1. The van der Waals surface area contributed by atoms with Gasteiger partial charge in [0.1, 0.15) is 0 Å². The molecule has 4 nitrogen and oxygen atoms in total. The molecule has 1 heterocycles. The molecule has 1 atom stereocenters. The van der Waals surface area contributed by atoms with Crippen molar-refractivity contribution in [2.24, 2.45) is 0 Å². The molecule has 0 amide bonds. The molecular formula is C16H21ClF3NO3. The zero-order chi connectivity index (χ0) is 17.7. The lowest BCUT2D eigenvalue weighted by Gasteiger charge is -2.34. The Morgan fingerprint density at radius 3 is 2.42 bits per heavy atom. The molecule has 0 unspecified atom stereocenters. The maximum Gasteiger partial charge on any atom is 0.415 e. The molecule has 24 heavy (non-hydrogen) atoms. The molecule has 8 heteroatoms. The van der Waals surface area contributed by atoms with Crippen LogP contribution in [-0.2, 0) is 11.3 Å². The first kappa shape index (κ1) is 19.1. The Morgan fingerprint density at radius 1 is 1.21 bits per heavy atom. The van der Waals surface area contributed by atoms with Crippen molar-refractivity contribution in [2.45, 2.75) is 32.7 Å². The number of ether oxygens (including phenoxy) is 3. The van der Waals surface area contributed by atoms with Crippen LogP contribution >= 0.6 is 11.6 Å². The van der Waals surface area contributed by atoms with Gasteiger partial charge in [0.2, 0.25) is 0 Å². The maximum atomic E-state index is 12.8. The number of benzene rings is 1. The highest BCUT2D eigenvalue weighted by Crippen LogP contribution is 2.35. The highest BCUT2D eigenvalue weighted by molar-refractivity contribution is 6.31. The zero-order valence-electron chi connectivity index (χ0n) is 13.7. The predicted molar refractivity (Wildman–Crippen MR) is 84.9 cm³/mol. The molecule has 2 rings (SSSR count). The molecule has 0 aliphatic carbocycles. The second-order valence-corrected chi connectivity index (χ2v) is 5.80. The minimum absolute atomic E-state index is 0.0388. The van der Waals surface area contributed by atoms with E-state index in [1.807, 2.05) is 13.8 Å². The van der Waals surface area contributed by atoms with Gasteiger partial charge in [-0.1, -0.05) is 11.6 Å². The van der Waals surface area contributed by atoms with E-state index in [4.69, 9.17) is 25.8 Å². The highest BCUT2D eigenvalue weighted by Gasteiger charge is 2.43. The van der Waals surface area contributed by atoms with E-state index < -0.39 is 12.3 Å². The molecule has 1 fully saturated rings. The van der Waals surface area contributed by atoms with E-state index in [1.54, 1.807) is 17.0 Å². The number of morpholine rings is 1. The largest absolute Gasteiger partial charge is 0.490 e. The SMILES string of the molecule is CCOc1cc(Cl)c(CN2CCO[C@H](C(F)(F)F)C2)cc1OCC. The van der Waals surface area contributed by atoms with Crippen molar-refractivity contribution in [3.63, 3.8) is 0 Å². The summed E-state index contributed by atoms with van der Waals surface area (Å²) in [4.78, 5) is 1.68. The van der Waals surface area contributed by atoms with Crippen molar-refractivity contribution in [2.75, 3.05) is 32.9 Å². The van der Waals surface area contributed by atoms with Gasteiger partial charge in [-0.3, -0.25) is 4.90 Å². The lowest BCUT2D eigenvalue weighted by molar-refractivity contribution is -0.237. The molecule has 1 saturated heterocycles. The van der Waals surface area contributed by atoms with Gasteiger partial charge in [-0.2, -0.15) is 13.2 Å². The van der Waals surface area contributed by atoms with Gasteiger partial charge in [-0.05, 0) is 25.5 Å².